The van der Waals surface area contributed by atoms with E-state index in [1.54, 1.807) is 0 Å². The standard InChI is InChI=1S/C11H20O4S/c12-16(13,9-11-4-2-7-15-11)8-5-10-3-1-6-14-10/h10-11H,1-9H2/t10-,11+/m0/s1. The van der Waals surface area contributed by atoms with Crippen molar-refractivity contribution in [2.24, 2.45) is 0 Å². The molecule has 16 heavy (non-hydrogen) atoms. The predicted molar refractivity (Wildman–Crippen MR) is 61.2 cm³/mol. The maximum atomic E-state index is 11.8. The number of hydrogen-bond acceptors (Lipinski definition) is 4. The van der Waals surface area contributed by atoms with E-state index >= 15 is 0 Å². The third-order valence-corrected chi connectivity index (χ3v) is 4.98. The van der Waals surface area contributed by atoms with E-state index in [0.29, 0.717) is 13.0 Å². The predicted octanol–water partition coefficient (Wildman–Crippen LogP) is 1.15. The van der Waals surface area contributed by atoms with E-state index in [-0.39, 0.29) is 23.7 Å². The second-order valence-electron chi connectivity index (χ2n) is 4.67. The lowest BCUT2D eigenvalue weighted by molar-refractivity contribution is 0.108. The molecule has 2 fully saturated rings. The summed E-state index contributed by atoms with van der Waals surface area (Å²) in [6.07, 6.45) is 4.71. The minimum absolute atomic E-state index is 0.0607. The highest BCUT2D eigenvalue weighted by Gasteiger charge is 2.25. The highest BCUT2D eigenvalue weighted by atomic mass is 32.2. The number of hydrogen-bond donors (Lipinski definition) is 0. The highest BCUT2D eigenvalue weighted by molar-refractivity contribution is 7.91. The van der Waals surface area contributed by atoms with Crippen LogP contribution in [0.25, 0.3) is 0 Å². The fraction of sp³-hybridized carbons (Fsp3) is 1.00. The van der Waals surface area contributed by atoms with Crippen molar-refractivity contribution in [1.29, 1.82) is 0 Å². The lowest BCUT2D eigenvalue weighted by atomic mass is 10.2. The summed E-state index contributed by atoms with van der Waals surface area (Å²) in [4.78, 5) is 0. The van der Waals surface area contributed by atoms with Gasteiger partial charge in [-0.1, -0.05) is 0 Å². The molecule has 2 atom stereocenters. The summed E-state index contributed by atoms with van der Waals surface area (Å²) in [5.74, 6) is 0.442. The molecule has 0 aromatic carbocycles. The number of sulfone groups is 1. The van der Waals surface area contributed by atoms with Crippen LogP contribution in [0.15, 0.2) is 0 Å². The van der Waals surface area contributed by atoms with Crippen LogP contribution < -0.4 is 0 Å². The number of rotatable bonds is 5. The van der Waals surface area contributed by atoms with Gasteiger partial charge in [-0.2, -0.15) is 0 Å². The molecule has 2 aliphatic heterocycles. The molecule has 94 valence electrons. The van der Waals surface area contributed by atoms with E-state index in [0.717, 1.165) is 32.3 Å². The Morgan fingerprint density at radius 3 is 2.19 bits per heavy atom. The Bertz CT molecular complexity index is 300. The Hall–Kier alpha value is -0.130. The SMILES string of the molecule is O=S(=O)(CC[C@@H]1CCCO1)C[C@H]1CCCO1. The van der Waals surface area contributed by atoms with Crippen molar-refractivity contribution in [2.45, 2.75) is 44.3 Å². The lowest BCUT2D eigenvalue weighted by Gasteiger charge is -2.12. The molecule has 0 bridgehead atoms. The molecular formula is C11H20O4S. The monoisotopic (exact) mass is 248 g/mol. The van der Waals surface area contributed by atoms with Gasteiger partial charge in [0.1, 0.15) is 0 Å². The van der Waals surface area contributed by atoms with Crippen LogP contribution in [0.1, 0.15) is 32.1 Å². The van der Waals surface area contributed by atoms with Crippen LogP contribution in [0.2, 0.25) is 0 Å². The van der Waals surface area contributed by atoms with Crippen molar-refractivity contribution >= 4 is 9.84 Å². The first-order valence-electron chi connectivity index (χ1n) is 6.09. The molecule has 5 heteroatoms. The van der Waals surface area contributed by atoms with Crippen LogP contribution in [-0.2, 0) is 19.3 Å². The molecule has 0 unspecified atom stereocenters. The normalized spacial score (nSPS) is 31.0. The molecule has 0 saturated carbocycles. The molecule has 0 N–H and O–H groups in total. The zero-order valence-electron chi connectivity index (χ0n) is 9.56. The van der Waals surface area contributed by atoms with Crippen LogP contribution in [0.3, 0.4) is 0 Å². The topological polar surface area (TPSA) is 52.6 Å². The Balaban J connectivity index is 1.73. The van der Waals surface area contributed by atoms with Gasteiger partial charge >= 0.3 is 0 Å². The summed E-state index contributed by atoms with van der Waals surface area (Å²) < 4.78 is 34.4. The molecule has 0 aliphatic carbocycles. The smallest absolute Gasteiger partial charge is 0.152 e. The maximum Gasteiger partial charge on any atom is 0.152 e. The molecule has 0 amide bonds. The molecule has 2 heterocycles. The Labute approximate surface area is 97.2 Å². The second kappa shape index (κ2) is 5.47. The van der Waals surface area contributed by atoms with Gasteiger partial charge in [-0.3, -0.25) is 0 Å². The molecule has 2 rings (SSSR count). The first-order valence-corrected chi connectivity index (χ1v) is 7.91. The Kier molecular flexibility index (Phi) is 4.21. The van der Waals surface area contributed by atoms with Gasteiger partial charge in [0.2, 0.25) is 0 Å². The molecule has 0 spiro atoms. The van der Waals surface area contributed by atoms with Crippen LogP contribution in [0, 0.1) is 0 Å². The molecule has 2 saturated heterocycles. The third-order valence-electron chi connectivity index (χ3n) is 3.24. The van der Waals surface area contributed by atoms with Crippen molar-refractivity contribution in [3.8, 4) is 0 Å². The van der Waals surface area contributed by atoms with Crippen molar-refractivity contribution in [3.05, 3.63) is 0 Å². The van der Waals surface area contributed by atoms with Gasteiger partial charge in [0.05, 0.1) is 23.7 Å². The third kappa shape index (κ3) is 3.71. The summed E-state index contributed by atoms with van der Waals surface area (Å²) in [7, 11) is -2.96. The second-order valence-corrected chi connectivity index (χ2v) is 6.90. The van der Waals surface area contributed by atoms with Gasteiger partial charge in [-0.15, -0.1) is 0 Å². The molecule has 2 aliphatic rings. The zero-order valence-corrected chi connectivity index (χ0v) is 10.4. The first kappa shape index (κ1) is 12.3. The van der Waals surface area contributed by atoms with Crippen LogP contribution in [0.4, 0.5) is 0 Å². The van der Waals surface area contributed by atoms with E-state index in [2.05, 4.69) is 0 Å². The van der Waals surface area contributed by atoms with E-state index < -0.39 is 9.84 Å². The summed E-state index contributed by atoms with van der Waals surface area (Å²) in [5.41, 5.74) is 0. The average Bonchev–Trinajstić information content (AvgIpc) is 2.85. The molecule has 0 radical (unpaired) electrons. The fourth-order valence-corrected chi connectivity index (χ4v) is 3.94. The van der Waals surface area contributed by atoms with Gasteiger partial charge in [0.15, 0.2) is 9.84 Å². The molecule has 0 aromatic heterocycles. The fourth-order valence-electron chi connectivity index (χ4n) is 2.33. The minimum atomic E-state index is -2.96. The van der Waals surface area contributed by atoms with Gasteiger partial charge in [-0.25, -0.2) is 8.42 Å². The molecule has 0 aromatic rings. The Morgan fingerprint density at radius 1 is 1.00 bits per heavy atom. The van der Waals surface area contributed by atoms with Crippen molar-refractivity contribution in [3.63, 3.8) is 0 Å². The van der Waals surface area contributed by atoms with E-state index in [4.69, 9.17) is 9.47 Å². The number of ether oxygens (including phenoxy) is 2. The minimum Gasteiger partial charge on any atom is -0.378 e. The maximum absolute atomic E-state index is 11.8. The van der Waals surface area contributed by atoms with E-state index in [1.807, 2.05) is 0 Å². The van der Waals surface area contributed by atoms with E-state index in [9.17, 15) is 8.42 Å². The van der Waals surface area contributed by atoms with Gasteiger partial charge in [-0.05, 0) is 32.1 Å². The summed E-state index contributed by atoms with van der Waals surface area (Å²) in [5, 5.41) is 0. The average molecular weight is 248 g/mol. The van der Waals surface area contributed by atoms with Gasteiger partial charge < -0.3 is 9.47 Å². The quantitative estimate of drug-likeness (QED) is 0.732. The summed E-state index contributed by atoms with van der Waals surface area (Å²) in [6.45, 7) is 1.50. The lowest BCUT2D eigenvalue weighted by Crippen LogP contribution is -2.24. The summed E-state index contributed by atoms with van der Waals surface area (Å²) in [6, 6.07) is 0. The first-order chi connectivity index (χ1) is 7.66. The summed E-state index contributed by atoms with van der Waals surface area (Å²) >= 11 is 0. The van der Waals surface area contributed by atoms with Gasteiger partial charge in [0.25, 0.3) is 0 Å². The van der Waals surface area contributed by atoms with Gasteiger partial charge in [0, 0.05) is 13.2 Å². The van der Waals surface area contributed by atoms with Crippen molar-refractivity contribution < 1.29 is 17.9 Å². The van der Waals surface area contributed by atoms with Crippen molar-refractivity contribution in [1.82, 2.24) is 0 Å². The van der Waals surface area contributed by atoms with Crippen LogP contribution in [-0.4, -0.2) is 45.3 Å². The van der Waals surface area contributed by atoms with Crippen molar-refractivity contribution in [2.75, 3.05) is 24.7 Å². The van der Waals surface area contributed by atoms with Crippen LogP contribution >= 0.6 is 0 Å². The molecular weight excluding hydrogens is 228 g/mol. The van der Waals surface area contributed by atoms with Crippen LogP contribution in [0.5, 0.6) is 0 Å². The highest BCUT2D eigenvalue weighted by Crippen LogP contribution is 2.18. The Morgan fingerprint density at radius 2 is 1.62 bits per heavy atom. The zero-order chi connectivity index (χ0) is 11.4. The van der Waals surface area contributed by atoms with E-state index in [1.165, 1.54) is 0 Å². The largest absolute Gasteiger partial charge is 0.378 e. The molecule has 4 nitrogen and oxygen atoms in total.